The molecular formula is C16H25NO2. The third kappa shape index (κ3) is 4.93. The van der Waals surface area contributed by atoms with Crippen LogP contribution < -0.4 is 5.32 Å². The zero-order valence-corrected chi connectivity index (χ0v) is 12.8. The van der Waals surface area contributed by atoms with E-state index in [9.17, 15) is 4.79 Å². The van der Waals surface area contributed by atoms with Crippen LogP contribution in [0.15, 0.2) is 18.2 Å². The number of benzene rings is 1. The van der Waals surface area contributed by atoms with E-state index in [1.54, 1.807) is 6.07 Å². The van der Waals surface area contributed by atoms with Crippen LogP contribution in [0, 0.1) is 12.3 Å². The van der Waals surface area contributed by atoms with Gasteiger partial charge in [0.2, 0.25) is 0 Å². The second-order valence-corrected chi connectivity index (χ2v) is 7.08. The van der Waals surface area contributed by atoms with E-state index >= 15 is 0 Å². The van der Waals surface area contributed by atoms with Gasteiger partial charge in [0.05, 0.1) is 5.56 Å². The Morgan fingerprint density at radius 1 is 1.21 bits per heavy atom. The minimum atomic E-state index is -0.877. The van der Waals surface area contributed by atoms with Crippen LogP contribution >= 0.6 is 0 Å². The minimum Gasteiger partial charge on any atom is -0.478 e. The molecule has 1 rings (SSSR count). The van der Waals surface area contributed by atoms with Crippen molar-refractivity contribution in [1.29, 1.82) is 0 Å². The molecule has 2 N–H and O–H groups in total. The molecule has 0 radical (unpaired) electrons. The zero-order chi connectivity index (χ0) is 14.8. The maximum Gasteiger partial charge on any atom is 0.335 e. The van der Waals surface area contributed by atoms with E-state index in [1.165, 1.54) is 0 Å². The van der Waals surface area contributed by atoms with Crippen LogP contribution in [-0.2, 0) is 0 Å². The van der Waals surface area contributed by atoms with Gasteiger partial charge in [-0.1, -0.05) is 20.8 Å². The van der Waals surface area contributed by atoms with Crippen molar-refractivity contribution in [2.75, 3.05) is 5.32 Å². The third-order valence-corrected chi connectivity index (χ3v) is 2.91. The molecule has 0 aliphatic carbocycles. The summed E-state index contributed by atoms with van der Waals surface area (Å²) in [7, 11) is 0. The normalized spacial score (nSPS) is 12.3. The van der Waals surface area contributed by atoms with Gasteiger partial charge in [-0.05, 0) is 56.4 Å². The number of aromatic carboxylic acids is 1. The quantitative estimate of drug-likeness (QED) is 0.850. The van der Waals surface area contributed by atoms with Crippen LogP contribution in [0.5, 0.6) is 0 Å². The van der Waals surface area contributed by atoms with Crippen molar-refractivity contribution >= 4 is 11.7 Å². The van der Waals surface area contributed by atoms with Crippen LogP contribution in [0.25, 0.3) is 0 Å². The Morgan fingerprint density at radius 3 is 2.21 bits per heavy atom. The smallest absolute Gasteiger partial charge is 0.335 e. The molecule has 19 heavy (non-hydrogen) atoms. The number of carboxylic acid groups (broad SMARTS) is 1. The molecular weight excluding hydrogens is 238 g/mol. The largest absolute Gasteiger partial charge is 0.478 e. The van der Waals surface area contributed by atoms with Gasteiger partial charge in [0.1, 0.15) is 0 Å². The van der Waals surface area contributed by atoms with Gasteiger partial charge in [0, 0.05) is 11.2 Å². The van der Waals surface area contributed by atoms with Gasteiger partial charge in [-0.15, -0.1) is 0 Å². The summed E-state index contributed by atoms with van der Waals surface area (Å²) in [5, 5.41) is 12.5. The molecule has 0 unspecified atom stereocenters. The number of rotatable bonds is 4. The summed E-state index contributed by atoms with van der Waals surface area (Å²) in [4.78, 5) is 11.0. The Labute approximate surface area is 116 Å². The number of carbonyl (C=O) groups is 1. The van der Waals surface area contributed by atoms with Crippen molar-refractivity contribution in [1.82, 2.24) is 0 Å². The lowest BCUT2D eigenvalue weighted by atomic mass is 9.81. The molecule has 0 atom stereocenters. The van der Waals surface area contributed by atoms with Gasteiger partial charge in [-0.2, -0.15) is 0 Å². The van der Waals surface area contributed by atoms with E-state index in [0.29, 0.717) is 5.56 Å². The molecule has 0 saturated heterocycles. The first-order chi connectivity index (χ1) is 8.50. The van der Waals surface area contributed by atoms with E-state index in [1.807, 2.05) is 19.1 Å². The van der Waals surface area contributed by atoms with E-state index in [4.69, 9.17) is 5.11 Å². The lowest BCUT2D eigenvalue weighted by Crippen LogP contribution is -2.35. The monoisotopic (exact) mass is 263 g/mol. The molecule has 1 aromatic rings. The molecule has 0 heterocycles. The maximum atomic E-state index is 11.0. The summed E-state index contributed by atoms with van der Waals surface area (Å²) < 4.78 is 0. The van der Waals surface area contributed by atoms with Crippen LogP contribution in [0.1, 0.15) is 57.0 Å². The summed E-state index contributed by atoms with van der Waals surface area (Å²) in [6, 6.07) is 5.39. The predicted molar refractivity (Wildman–Crippen MR) is 79.9 cm³/mol. The molecule has 1 aromatic carbocycles. The molecule has 3 heteroatoms. The average Bonchev–Trinajstić information content (AvgIpc) is 2.11. The van der Waals surface area contributed by atoms with E-state index in [2.05, 4.69) is 39.9 Å². The number of nitrogens with one attached hydrogen (secondary N) is 1. The first kappa shape index (κ1) is 15.5. The highest BCUT2D eigenvalue weighted by molar-refractivity contribution is 5.89. The van der Waals surface area contributed by atoms with Crippen molar-refractivity contribution in [3.63, 3.8) is 0 Å². The fourth-order valence-electron chi connectivity index (χ4n) is 2.74. The summed E-state index contributed by atoms with van der Waals surface area (Å²) in [5.41, 5.74) is 2.32. The molecule has 3 nitrogen and oxygen atoms in total. The average molecular weight is 263 g/mol. The molecule has 0 fully saturated rings. The number of hydrogen-bond donors (Lipinski definition) is 2. The van der Waals surface area contributed by atoms with Gasteiger partial charge < -0.3 is 10.4 Å². The Balaban J connectivity index is 2.88. The Kier molecular flexibility index (Phi) is 4.28. The first-order valence-electron chi connectivity index (χ1n) is 6.62. The van der Waals surface area contributed by atoms with Crippen LogP contribution in [0.4, 0.5) is 5.69 Å². The fourth-order valence-corrected chi connectivity index (χ4v) is 2.74. The van der Waals surface area contributed by atoms with Crippen LogP contribution in [0.3, 0.4) is 0 Å². The van der Waals surface area contributed by atoms with Crippen molar-refractivity contribution < 1.29 is 9.90 Å². The molecule has 0 spiro atoms. The van der Waals surface area contributed by atoms with Gasteiger partial charge in [0.25, 0.3) is 0 Å². The van der Waals surface area contributed by atoms with Gasteiger partial charge in [0.15, 0.2) is 0 Å². The van der Waals surface area contributed by atoms with Gasteiger partial charge >= 0.3 is 5.97 Å². The minimum absolute atomic E-state index is 0.0323. The highest BCUT2D eigenvalue weighted by Gasteiger charge is 2.25. The van der Waals surface area contributed by atoms with Crippen molar-refractivity contribution in [2.45, 2.75) is 53.5 Å². The first-order valence-corrected chi connectivity index (χ1v) is 6.62. The molecule has 106 valence electrons. The molecule has 0 aromatic heterocycles. The molecule has 0 aliphatic heterocycles. The second kappa shape index (κ2) is 5.24. The second-order valence-electron chi connectivity index (χ2n) is 7.08. The SMILES string of the molecule is Cc1cc(NC(C)(C)CC(C)(C)C)ccc1C(=O)O. The van der Waals surface area contributed by atoms with Crippen LogP contribution in [0.2, 0.25) is 0 Å². The van der Waals surface area contributed by atoms with Gasteiger partial charge in [-0.25, -0.2) is 4.79 Å². The van der Waals surface area contributed by atoms with Crippen molar-refractivity contribution in [3.8, 4) is 0 Å². The molecule has 0 amide bonds. The Hall–Kier alpha value is -1.51. The highest BCUT2D eigenvalue weighted by atomic mass is 16.4. The lowest BCUT2D eigenvalue weighted by molar-refractivity contribution is 0.0696. The maximum absolute atomic E-state index is 11.0. The summed E-state index contributed by atoms with van der Waals surface area (Å²) in [6.07, 6.45) is 1.03. The molecule has 0 saturated carbocycles. The highest BCUT2D eigenvalue weighted by Crippen LogP contribution is 2.30. The van der Waals surface area contributed by atoms with E-state index in [0.717, 1.165) is 17.7 Å². The number of anilines is 1. The standard InChI is InChI=1S/C16H25NO2/c1-11-9-12(7-8-13(11)14(18)19)17-16(5,6)10-15(2,3)4/h7-9,17H,10H2,1-6H3,(H,18,19). The zero-order valence-electron chi connectivity index (χ0n) is 12.8. The molecule has 0 bridgehead atoms. The van der Waals surface area contributed by atoms with E-state index < -0.39 is 5.97 Å². The number of aryl methyl sites for hydroxylation is 1. The fraction of sp³-hybridized carbons (Fsp3) is 0.562. The summed E-state index contributed by atoms with van der Waals surface area (Å²) in [5.74, 6) is -0.877. The van der Waals surface area contributed by atoms with E-state index in [-0.39, 0.29) is 11.0 Å². The lowest BCUT2D eigenvalue weighted by Gasteiger charge is -2.34. The third-order valence-electron chi connectivity index (χ3n) is 2.91. The summed E-state index contributed by atoms with van der Waals surface area (Å²) in [6.45, 7) is 12.8. The van der Waals surface area contributed by atoms with Gasteiger partial charge in [-0.3, -0.25) is 0 Å². The van der Waals surface area contributed by atoms with Crippen LogP contribution in [-0.4, -0.2) is 16.6 Å². The topological polar surface area (TPSA) is 49.3 Å². The Morgan fingerprint density at radius 2 is 1.79 bits per heavy atom. The number of carboxylic acids is 1. The molecule has 0 aliphatic rings. The van der Waals surface area contributed by atoms with Crippen molar-refractivity contribution in [3.05, 3.63) is 29.3 Å². The predicted octanol–water partition coefficient (Wildman–Crippen LogP) is 4.32. The summed E-state index contributed by atoms with van der Waals surface area (Å²) >= 11 is 0. The van der Waals surface area contributed by atoms with Crippen molar-refractivity contribution in [2.24, 2.45) is 5.41 Å². The Bertz CT molecular complexity index is 470. The number of hydrogen-bond acceptors (Lipinski definition) is 2.